The molecule has 148 valence electrons. The van der Waals surface area contributed by atoms with Crippen LogP contribution in [0.4, 0.5) is 13.2 Å². The van der Waals surface area contributed by atoms with Gasteiger partial charge in [0.05, 0.1) is 40.5 Å². The number of halogens is 4. The maximum absolute atomic E-state index is 13.1. The molecule has 1 aromatic heterocycles. The first-order chi connectivity index (χ1) is 13.2. The smallest absolute Gasteiger partial charge is 0.207 e. The number of benzene rings is 2. The summed E-state index contributed by atoms with van der Waals surface area (Å²) in [6, 6.07) is 10.2. The highest BCUT2D eigenvalue weighted by Gasteiger charge is 2.35. The molecule has 0 saturated carbocycles. The van der Waals surface area contributed by atoms with Crippen LogP contribution in [0.25, 0.3) is 0 Å². The van der Waals surface area contributed by atoms with E-state index >= 15 is 0 Å². The summed E-state index contributed by atoms with van der Waals surface area (Å²) in [6.45, 7) is 0.0515. The monoisotopic (exact) mass is 430 g/mol. The summed E-state index contributed by atoms with van der Waals surface area (Å²) in [7, 11) is -4.29. The second kappa shape index (κ2) is 7.90. The second-order valence-corrected chi connectivity index (χ2v) is 7.93. The average molecular weight is 431 g/mol. The maximum atomic E-state index is 13.1. The predicted molar refractivity (Wildman–Crippen MR) is 96.0 cm³/mol. The van der Waals surface area contributed by atoms with Crippen molar-refractivity contribution in [3.63, 3.8) is 0 Å². The van der Waals surface area contributed by atoms with Crippen molar-refractivity contribution in [2.24, 2.45) is 0 Å². The molecule has 0 spiro atoms. The first-order valence-corrected chi connectivity index (χ1v) is 9.81. The average Bonchev–Trinajstić information content (AvgIpc) is 3.14. The van der Waals surface area contributed by atoms with E-state index < -0.39 is 37.7 Å². The van der Waals surface area contributed by atoms with Crippen LogP contribution in [-0.2, 0) is 22.7 Å². The number of hydrogen-bond donors (Lipinski definition) is 1. The lowest BCUT2D eigenvalue weighted by Gasteiger charge is -2.19. The maximum Gasteiger partial charge on any atom is 0.417 e. The molecule has 0 radical (unpaired) electrons. The van der Waals surface area contributed by atoms with Gasteiger partial charge in [0, 0.05) is 0 Å². The van der Waals surface area contributed by atoms with Crippen molar-refractivity contribution in [3.05, 3.63) is 77.1 Å². The molecule has 3 aromatic rings. The third-order valence-electron chi connectivity index (χ3n) is 3.87. The van der Waals surface area contributed by atoms with Crippen LogP contribution in [0, 0.1) is 0 Å². The lowest BCUT2D eigenvalue weighted by molar-refractivity contribution is -0.137. The zero-order chi connectivity index (χ0) is 20.4. The van der Waals surface area contributed by atoms with Gasteiger partial charge in [0.25, 0.3) is 0 Å². The largest absolute Gasteiger partial charge is 0.417 e. The zero-order valence-electron chi connectivity index (χ0n) is 14.1. The highest BCUT2D eigenvalue weighted by atomic mass is 35.5. The molecule has 0 aliphatic heterocycles. The molecule has 0 saturated heterocycles. The van der Waals surface area contributed by atoms with E-state index in [0.717, 1.165) is 12.1 Å². The Kier molecular flexibility index (Phi) is 5.73. The van der Waals surface area contributed by atoms with Crippen LogP contribution in [0.1, 0.15) is 17.2 Å². The molecule has 28 heavy (non-hydrogen) atoms. The van der Waals surface area contributed by atoms with Gasteiger partial charge in [-0.2, -0.15) is 28.2 Å². The molecule has 1 heterocycles. The van der Waals surface area contributed by atoms with Gasteiger partial charge in [-0.15, -0.1) is 0 Å². The lowest BCUT2D eigenvalue weighted by Crippen LogP contribution is -2.32. The van der Waals surface area contributed by atoms with Gasteiger partial charge in [-0.3, -0.25) is 0 Å². The first-order valence-electron chi connectivity index (χ1n) is 7.95. The van der Waals surface area contributed by atoms with Crippen LogP contribution in [0.3, 0.4) is 0 Å². The van der Waals surface area contributed by atoms with Crippen molar-refractivity contribution >= 4 is 21.6 Å². The van der Waals surface area contributed by atoms with Crippen molar-refractivity contribution in [1.29, 1.82) is 0 Å². The summed E-state index contributed by atoms with van der Waals surface area (Å²) in [5, 5.41) is 7.32. The molecule has 0 aliphatic carbocycles. The Bertz CT molecular complexity index is 1040. The summed E-state index contributed by atoms with van der Waals surface area (Å²) in [5.74, 6) is 0. The van der Waals surface area contributed by atoms with Crippen LogP contribution >= 0.6 is 11.6 Å². The fraction of sp³-hybridized carbons (Fsp3) is 0.176. The molecule has 1 N–H and O–H groups in total. The molecule has 0 amide bonds. The number of aromatic nitrogens is 3. The minimum absolute atomic E-state index is 0.0515. The van der Waals surface area contributed by atoms with Gasteiger partial charge in [-0.25, -0.2) is 13.1 Å². The number of sulfonamides is 1. The summed E-state index contributed by atoms with van der Waals surface area (Å²) in [6.07, 6.45) is -1.91. The topological polar surface area (TPSA) is 76.9 Å². The molecule has 1 atom stereocenters. The Morgan fingerprint density at radius 1 is 1.07 bits per heavy atom. The molecular formula is C17H14ClF3N4O2S. The van der Waals surface area contributed by atoms with Crippen LogP contribution in [0.2, 0.25) is 5.02 Å². The van der Waals surface area contributed by atoms with Gasteiger partial charge >= 0.3 is 6.18 Å². The predicted octanol–water partition coefficient (Wildman–Crippen LogP) is 3.67. The van der Waals surface area contributed by atoms with E-state index in [9.17, 15) is 21.6 Å². The summed E-state index contributed by atoms with van der Waals surface area (Å²) in [4.78, 5) is 0.738. The van der Waals surface area contributed by atoms with Crippen molar-refractivity contribution in [1.82, 2.24) is 19.7 Å². The zero-order valence-corrected chi connectivity index (χ0v) is 15.7. The molecule has 0 aliphatic rings. The van der Waals surface area contributed by atoms with Crippen LogP contribution in [-0.4, -0.2) is 23.4 Å². The van der Waals surface area contributed by atoms with E-state index in [1.807, 2.05) is 0 Å². The molecule has 2 aromatic carbocycles. The van der Waals surface area contributed by atoms with Gasteiger partial charge in [0.2, 0.25) is 10.0 Å². The van der Waals surface area contributed by atoms with E-state index in [-0.39, 0.29) is 6.54 Å². The highest BCUT2D eigenvalue weighted by molar-refractivity contribution is 7.89. The molecule has 11 heteroatoms. The molecular weight excluding hydrogens is 417 g/mol. The Labute approximate surface area is 164 Å². The van der Waals surface area contributed by atoms with Crippen molar-refractivity contribution in [3.8, 4) is 0 Å². The molecule has 0 bridgehead atoms. The van der Waals surface area contributed by atoms with Crippen LogP contribution in [0.15, 0.2) is 65.8 Å². The van der Waals surface area contributed by atoms with E-state index in [1.54, 1.807) is 30.3 Å². The fourth-order valence-corrected chi connectivity index (χ4v) is 4.01. The molecule has 1 unspecified atom stereocenters. The van der Waals surface area contributed by atoms with Crippen molar-refractivity contribution in [2.45, 2.75) is 23.7 Å². The fourth-order valence-electron chi connectivity index (χ4n) is 2.54. The number of nitrogens with zero attached hydrogens (tertiary/aromatic N) is 3. The standard InChI is InChI=1S/C17H14ClF3N4O2S/c18-15-7-6-13(10-14(15)17(19,20)21)28(26,27)24-16(11-25-22-8-9-23-25)12-4-2-1-3-5-12/h1-10,16,24H,11H2. The van der Waals surface area contributed by atoms with E-state index in [4.69, 9.17) is 11.6 Å². The third-order valence-corrected chi connectivity index (χ3v) is 5.66. The Hall–Kier alpha value is -2.43. The van der Waals surface area contributed by atoms with E-state index in [2.05, 4.69) is 14.9 Å². The minimum Gasteiger partial charge on any atom is -0.207 e. The van der Waals surface area contributed by atoms with Gasteiger partial charge < -0.3 is 0 Å². The quantitative estimate of drug-likeness (QED) is 0.647. The Morgan fingerprint density at radius 3 is 2.32 bits per heavy atom. The van der Waals surface area contributed by atoms with Gasteiger partial charge in [-0.1, -0.05) is 41.9 Å². The Morgan fingerprint density at radius 2 is 1.71 bits per heavy atom. The minimum atomic E-state index is -4.78. The SMILES string of the molecule is O=S(=O)(NC(Cn1nccn1)c1ccccc1)c1ccc(Cl)c(C(F)(F)F)c1. The molecule has 0 fully saturated rings. The highest BCUT2D eigenvalue weighted by Crippen LogP contribution is 2.36. The van der Waals surface area contributed by atoms with Gasteiger partial charge in [0.1, 0.15) is 0 Å². The number of hydrogen-bond acceptors (Lipinski definition) is 4. The summed E-state index contributed by atoms with van der Waals surface area (Å²) >= 11 is 5.57. The van der Waals surface area contributed by atoms with Crippen molar-refractivity contribution in [2.75, 3.05) is 0 Å². The second-order valence-electron chi connectivity index (χ2n) is 5.81. The van der Waals surface area contributed by atoms with E-state index in [0.29, 0.717) is 11.6 Å². The first kappa shape index (κ1) is 20.3. The van der Waals surface area contributed by atoms with Gasteiger partial charge in [-0.05, 0) is 23.8 Å². The summed E-state index contributed by atoms with van der Waals surface area (Å²) in [5.41, 5.74) is -0.615. The molecule has 3 rings (SSSR count). The number of alkyl halides is 3. The number of nitrogens with one attached hydrogen (secondary N) is 1. The van der Waals surface area contributed by atoms with Gasteiger partial charge in [0.15, 0.2) is 0 Å². The van der Waals surface area contributed by atoms with Crippen LogP contribution in [0.5, 0.6) is 0 Å². The molecule has 6 nitrogen and oxygen atoms in total. The van der Waals surface area contributed by atoms with E-state index in [1.165, 1.54) is 17.2 Å². The lowest BCUT2D eigenvalue weighted by atomic mass is 10.1. The van der Waals surface area contributed by atoms with Crippen LogP contribution < -0.4 is 4.72 Å². The number of rotatable bonds is 6. The summed E-state index contributed by atoms with van der Waals surface area (Å²) < 4.78 is 67.2. The van der Waals surface area contributed by atoms with Crippen molar-refractivity contribution < 1.29 is 21.6 Å². The Balaban J connectivity index is 1.95. The normalized spacial score (nSPS) is 13.4. The third kappa shape index (κ3) is 4.70.